The van der Waals surface area contributed by atoms with Crippen molar-refractivity contribution in [2.45, 2.75) is 6.54 Å². The van der Waals surface area contributed by atoms with E-state index in [1.54, 1.807) is 37.5 Å². The molecule has 4 nitrogen and oxygen atoms in total. The third kappa shape index (κ3) is 3.82. The van der Waals surface area contributed by atoms with Crippen molar-refractivity contribution in [3.63, 3.8) is 0 Å². The molecule has 0 atom stereocenters. The molecule has 0 radical (unpaired) electrons. The maximum Gasteiger partial charge on any atom is 0.263 e. The maximum absolute atomic E-state index is 12.8. The van der Waals surface area contributed by atoms with Gasteiger partial charge in [0.1, 0.15) is 5.56 Å². The molecule has 132 valence electrons. The first-order valence-electron chi connectivity index (χ1n) is 7.94. The topological polar surface area (TPSA) is 42.3 Å². The number of halogens is 2. The van der Waals surface area contributed by atoms with Crippen molar-refractivity contribution in [2.75, 3.05) is 11.9 Å². The van der Waals surface area contributed by atoms with Crippen LogP contribution in [0.1, 0.15) is 15.9 Å². The lowest BCUT2D eigenvalue weighted by molar-refractivity contribution is 0.0991. The minimum absolute atomic E-state index is 0.101. The van der Waals surface area contributed by atoms with Crippen LogP contribution in [0, 0.1) is 0 Å². The Morgan fingerprint density at radius 1 is 1.04 bits per heavy atom. The number of rotatable bonds is 4. The van der Waals surface area contributed by atoms with Crippen molar-refractivity contribution >= 4 is 34.8 Å². The predicted molar refractivity (Wildman–Crippen MR) is 105 cm³/mol. The maximum atomic E-state index is 12.8. The number of hydrogen-bond donors (Lipinski definition) is 0. The molecule has 0 N–H and O–H groups in total. The van der Waals surface area contributed by atoms with Gasteiger partial charge in [-0.3, -0.25) is 9.59 Å². The first-order chi connectivity index (χ1) is 12.5. The minimum atomic E-state index is -0.369. The number of carbonyl (C=O) groups excluding carboxylic acids is 1. The Labute approximate surface area is 161 Å². The second kappa shape index (κ2) is 7.77. The van der Waals surface area contributed by atoms with Gasteiger partial charge in [0.05, 0.1) is 6.54 Å². The number of nitrogens with zero attached hydrogens (tertiary/aromatic N) is 2. The van der Waals surface area contributed by atoms with E-state index in [0.717, 1.165) is 5.56 Å². The van der Waals surface area contributed by atoms with Crippen LogP contribution in [-0.2, 0) is 6.54 Å². The van der Waals surface area contributed by atoms with E-state index in [2.05, 4.69) is 0 Å². The van der Waals surface area contributed by atoms with Crippen LogP contribution in [0.25, 0.3) is 0 Å². The number of para-hydroxylation sites is 1. The fraction of sp³-hybridized carbons (Fsp3) is 0.100. The van der Waals surface area contributed by atoms with Crippen LogP contribution in [0.15, 0.2) is 71.7 Å². The van der Waals surface area contributed by atoms with E-state index in [1.165, 1.54) is 15.5 Å². The lowest BCUT2D eigenvalue weighted by Gasteiger charge is -2.17. The molecule has 1 heterocycles. The molecular formula is C20H16Cl2N2O2. The summed E-state index contributed by atoms with van der Waals surface area (Å²) in [6, 6.07) is 17.5. The summed E-state index contributed by atoms with van der Waals surface area (Å²) in [4.78, 5) is 27.0. The van der Waals surface area contributed by atoms with Gasteiger partial charge < -0.3 is 9.47 Å². The highest BCUT2D eigenvalue weighted by molar-refractivity contribution is 6.35. The molecule has 0 fully saturated rings. The number of aromatic nitrogens is 1. The van der Waals surface area contributed by atoms with Crippen molar-refractivity contribution < 1.29 is 4.79 Å². The Bertz CT molecular complexity index is 1000. The molecule has 26 heavy (non-hydrogen) atoms. The SMILES string of the molecule is CN(C(=O)c1cccn(Cc2ccc(Cl)cc2Cl)c1=O)c1ccccc1. The highest BCUT2D eigenvalue weighted by atomic mass is 35.5. The normalized spacial score (nSPS) is 10.6. The van der Waals surface area contributed by atoms with E-state index >= 15 is 0 Å². The summed E-state index contributed by atoms with van der Waals surface area (Å²) in [5.74, 6) is -0.363. The van der Waals surface area contributed by atoms with Crippen molar-refractivity contribution in [2.24, 2.45) is 0 Å². The first kappa shape index (κ1) is 18.2. The second-order valence-corrected chi connectivity index (χ2v) is 6.63. The van der Waals surface area contributed by atoms with Gasteiger partial charge in [0.2, 0.25) is 0 Å². The van der Waals surface area contributed by atoms with Gasteiger partial charge in [-0.1, -0.05) is 47.5 Å². The fourth-order valence-electron chi connectivity index (χ4n) is 2.61. The summed E-state index contributed by atoms with van der Waals surface area (Å²) in [5, 5.41) is 1.00. The molecule has 2 aromatic carbocycles. The van der Waals surface area contributed by atoms with Gasteiger partial charge in [-0.15, -0.1) is 0 Å². The molecular weight excluding hydrogens is 371 g/mol. The Morgan fingerprint density at radius 3 is 2.46 bits per heavy atom. The lowest BCUT2D eigenvalue weighted by Crippen LogP contribution is -2.34. The quantitative estimate of drug-likeness (QED) is 0.663. The summed E-state index contributed by atoms with van der Waals surface area (Å²) >= 11 is 12.1. The van der Waals surface area contributed by atoms with Gasteiger partial charge in [0.15, 0.2) is 0 Å². The van der Waals surface area contributed by atoms with Crippen LogP contribution in [0.3, 0.4) is 0 Å². The van der Waals surface area contributed by atoms with Crippen molar-refractivity contribution in [3.8, 4) is 0 Å². The summed E-state index contributed by atoms with van der Waals surface area (Å²) in [6.45, 7) is 0.255. The Kier molecular flexibility index (Phi) is 5.45. The fourth-order valence-corrected chi connectivity index (χ4v) is 3.08. The monoisotopic (exact) mass is 386 g/mol. The predicted octanol–water partition coefficient (Wildman–Crippen LogP) is 4.48. The standard InChI is InChI=1S/C20H16Cl2N2O2/c1-23(16-6-3-2-4-7-16)19(25)17-8-5-11-24(20(17)26)13-14-9-10-15(21)12-18(14)22/h2-12H,13H2,1H3. The zero-order valence-electron chi connectivity index (χ0n) is 14.0. The second-order valence-electron chi connectivity index (χ2n) is 5.79. The van der Waals surface area contributed by atoms with Crippen LogP contribution in [0.5, 0.6) is 0 Å². The van der Waals surface area contributed by atoms with Gasteiger partial charge in [0, 0.05) is 29.0 Å². The lowest BCUT2D eigenvalue weighted by atomic mass is 10.2. The molecule has 6 heteroatoms. The average Bonchev–Trinajstić information content (AvgIpc) is 2.65. The van der Waals surface area contributed by atoms with Crippen LogP contribution >= 0.6 is 23.2 Å². The summed E-state index contributed by atoms with van der Waals surface area (Å²) < 4.78 is 1.46. The van der Waals surface area contributed by atoms with Gasteiger partial charge in [-0.2, -0.15) is 0 Å². The van der Waals surface area contributed by atoms with Crippen molar-refractivity contribution in [1.82, 2.24) is 4.57 Å². The van der Waals surface area contributed by atoms with Crippen LogP contribution in [-0.4, -0.2) is 17.5 Å². The van der Waals surface area contributed by atoms with E-state index in [0.29, 0.717) is 15.7 Å². The van der Waals surface area contributed by atoms with Gasteiger partial charge >= 0.3 is 0 Å². The zero-order chi connectivity index (χ0) is 18.7. The van der Waals surface area contributed by atoms with Gasteiger partial charge in [0.25, 0.3) is 11.5 Å². The molecule has 0 bridgehead atoms. The smallest absolute Gasteiger partial charge is 0.263 e. The van der Waals surface area contributed by atoms with E-state index in [4.69, 9.17) is 23.2 Å². The van der Waals surface area contributed by atoms with Crippen LogP contribution < -0.4 is 10.5 Å². The van der Waals surface area contributed by atoms with E-state index in [-0.39, 0.29) is 23.6 Å². The van der Waals surface area contributed by atoms with Crippen molar-refractivity contribution in [1.29, 1.82) is 0 Å². The molecule has 0 saturated carbocycles. The highest BCUT2D eigenvalue weighted by Crippen LogP contribution is 2.21. The molecule has 1 amide bonds. The molecule has 0 unspecified atom stereocenters. The van der Waals surface area contributed by atoms with Gasteiger partial charge in [-0.05, 0) is 42.0 Å². The Morgan fingerprint density at radius 2 is 1.77 bits per heavy atom. The Hall–Kier alpha value is -2.56. The average molecular weight is 387 g/mol. The number of pyridine rings is 1. The van der Waals surface area contributed by atoms with Crippen LogP contribution in [0.2, 0.25) is 10.0 Å². The Balaban J connectivity index is 1.92. The molecule has 0 aliphatic heterocycles. The molecule has 0 aliphatic rings. The molecule has 0 saturated heterocycles. The molecule has 0 aliphatic carbocycles. The molecule has 3 aromatic rings. The first-order valence-corrected chi connectivity index (χ1v) is 8.69. The summed E-state index contributed by atoms with van der Waals surface area (Å²) in [7, 11) is 1.64. The number of carbonyl (C=O) groups is 1. The number of amides is 1. The zero-order valence-corrected chi connectivity index (χ0v) is 15.5. The van der Waals surface area contributed by atoms with E-state index < -0.39 is 0 Å². The summed E-state index contributed by atoms with van der Waals surface area (Å²) in [6.07, 6.45) is 1.63. The summed E-state index contributed by atoms with van der Waals surface area (Å²) in [5.41, 5.74) is 1.20. The van der Waals surface area contributed by atoms with Gasteiger partial charge in [-0.25, -0.2) is 0 Å². The number of benzene rings is 2. The van der Waals surface area contributed by atoms with Crippen molar-refractivity contribution in [3.05, 3.63) is 98.4 Å². The molecule has 3 rings (SSSR count). The van der Waals surface area contributed by atoms with E-state index in [9.17, 15) is 9.59 Å². The van der Waals surface area contributed by atoms with Crippen LogP contribution in [0.4, 0.5) is 5.69 Å². The number of anilines is 1. The van der Waals surface area contributed by atoms with E-state index in [1.807, 2.05) is 30.3 Å². The largest absolute Gasteiger partial charge is 0.311 e. The number of hydrogen-bond acceptors (Lipinski definition) is 2. The highest BCUT2D eigenvalue weighted by Gasteiger charge is 2.18. The third-order valence-electron chi connectivity index (χ3n) is 4.05. The third-order valence-corrected chi connectivity index (χ3v) is 4.64. The minimum Gasteiger partial charge on any atom is -0.311 e. The molecule has 1 aromatic heterocycles. The molecule has 0 spiro atoms.